The highest BCUT2D eigenvalue weighted by molar-refractivity contribution is 7.89. The molecule has 10 heteroatoms. The van der Waals surface area contributed by atoms with Crippen molar-refractivity contribution < 1.29 is 21.6 Å². The van der Waals surface area contributed by atoms with Gasteiger partial charge in [0, 0.05) is 12.1 Å². The molecule has 122 valence electrons. The van der Waals surface area contributed by atoms with E-state index in [2.05, 4.69) is 4.72 Å². The van der Waals surface area contributed by atoms with Crippen LogP contribution in [0.3, 0.4) is 0 Å². The molecule has 0 aliphatic heterocycles. The normalized spacial score (nSPS) is 12.9. The molecule has 1 rings (SSSR count). The molecular formula is C11H15Cl2F3N2O2S. The fourth-order valence-corrected chi connectivity index (χ4v) is 3.30. The van der Waals surface area contributed by atoms with E-state index in [1.54, 1.807) is 0 Å². The average Bonchev–Trinajstić information content (AvgIpc) is 2.26. The lowest BCUT2D eigenvalue weighted by Crippen LogP contribution is -2.48. The minimum atomic E-state index is -4.65. The van der Waals surface area contributed by atoms with E-state index in [-0.39, 0.29) is 24.0 Å². The van der Waals surface area contributed by atoms with E-state index in [0.29, 0.717) is 6.07 Å². The van der Waals surface area contributed by atoms with Crippen molar-refractivity contribution in [2.75, 3.05) is 6.54 Å². The van der Waals surface area contributed by atoms with Gasteiger partial charge in [-0.25, -0.2) is 13.1 Å². The molecule has 0 spiro atoms. The van der Waals surface area contributed by atoms with Crippen LogP contribution in [0, 0.1) is 0 Å². The van der Waals surface area contributed by atoms with Crippen molar-refractivity contribution in [3.8, 4) is 0 Å². The molecule has 0 atom stereocenters. The summed E-state index contributed by atoms with van der Waals surface area (Å²) in [6, 6.07) is 2.11. The van der Waals surface area contributed by atoms with E-state index in [0.717, 1.165) is 12.1 Å². The van der Waals surface area contributed by atoms with Gasteiger partial charge in [0.15, 0.2) is 0 Å². The molecule has 0 bridgehead atoms. The molecule has 0 fully saturated rings. The quantitative estimate of drug-likeness (QED) is 0.860. The molecule has 0 aliphatic carbocycles. The maximum Gasteiger partial charge on any atom is 0.416 e. The monoisotopic (exact) mass is 366 g/mol. The van der Waals surface area contributed by atoms with Gasteiger partial charge in [0.05, 0.1) is 10.6 Å². The Morgan fingerprint density at radius 2 is 1.81 bits per heavy atom. The van der Waals surface area contributed by atoms with Crippen molar-refractivity contribution in [1.82, 2.24) is 4.72 Å². The minimum Gasteiger partial charge on any atom is -0.329 e. The first-order chi connectivity index (χ1) is 8.89. The van der Waals surface area contributed by atoms with Gasteiger partial charge in [-0.05, 0) is 32.0 Å². The first-order valence-electron chi connectivity index (χ1n) is 5.50. The molecule has 0 saturated heterocycles. The highest BCUT2D eigenvalue weighted by Gasteiger charge is 2.34. The number of halogens is 5. The first kappa shape index (κ1) is 20.5. The summed E-state index contributed by atoms with van der Waals surface area (Å²) >= 11 is 5.69. The molecule has 0 amide bonds. The van der Waals surface area contributed by atoms with E-state index in [1.807, 2.05) is 0 Å². The third-order valence-corrected chi connectivity index (χ3v) is 4.65. The van der Waals surface area contributed by atoms with Crippen LogP contribution in [-0.4, -0.2) is 20.5 Å². The number of nitrogens with two attached hydrogens (primary N) is 1. The lowest BCUT2D eigenvalue weighted by Gasteiger charge is -2.24. The van der Waals surface area contributed by atoms with Gasteiger partial charge in [0.2, 0.25) is 10.0 Å². The van der Waals surface area contributed by atoms with Gasteiger partial charge in [-0.1, -0.05) is 11.6 Å². The van der Waals surface area contributed by atoms with Gasteiger partial charge in [-0.3, -0.25) is 0 Å². The molecule has 1 aromatic rings. The topological polar surface area (TPSA) is 72.2 Å². The zero-order valence-electron chi connectivity index (χ0n) is 11.2. The third kappa shape index (κ3) is 5.30. The second-order valence-corrected chi connectivity index (χ2v) is 6.89. The van der Waals surface area contributed by atoms with Crippen LogP contribution in [0.15, 0.2) is 23.1 Å². The molecule has 3 N–H and O–H groups in total. The summed E-state index contributed by atoms with van der Waals surface area (Å²) < 4.78 is 64.2. The smallest absolute Gasteiger partial charge is 0.329 e. The third-order valence-electron chi connectivity index (χ3n) is 2.47. The van der Waals surface area contributed by atoms with Crippen molar-refractivity contribution in [3.63, 3.8) is 0 Å². The van der Waals surface area contributed by atoms with Gasteiger partial charge < -0.3 is 5.73 Å². The second kappa shape index (κ2) is 6.70. The minimum absolute atomic E-state index is 0. The average molecular weight is 367 g/mol. The van der Waals surface area contributed by atoms with Crippen LogP contribution in [0.4, 0.5) is 13.2 Å². The highest BCUT2D eigenvalue weighted by Crippen LogP contribution is 2.33. The molecule has 0 saturated carbocycles. The largest absolute Gasteiger partial charge is 0.416 e. The lowest BCUT2D eigenvalue weighted by molar-refractivity contribution is -0.137. The van der Waals surface area contributed by atoms with Crippen molar-refractivity contribution in [2.45, 2.75) is 30.5 Å². The molecule has 0 unspecified atom stereocenters. The standard InChI is InChI=1S/C11H14ClF3N2O2S.ClH/c1-10(2,6-16)17-20(18,19)9-5-7(11(13,14)15)3-4-8(9)12;/h3-5,17H,6,16H2,1-2H3;1H. The molecule has 0 aliphatic rings. The Labute approximate surface area is 132 Å². The predicted octanol–water partition coefficient (Wildman–Crippen LogP) is 2.80. The maximum atomic E-state index is 12.6. The molecule has 0 aromatic heterocycles. The Kier molecular flexibility index (Phi) is 6.53. The van der Waals surface area contributed by atoms with Gasteiger partial charge >= 0.3 is 6.18 Å². The van der Waals surface area contributed by atoms with Gasteiger partial charge in [0.25, 0.3) is 0 Å². The van der Waals surface area contributed by atoms with Crippen LogP contribution >= 0.6 is 24.0 Å². The second-order valence-electron chi connectivity index (χ2n) is 4.84. The van der Waals surface area contributed by atoms with Crippen molar-refractivity contribution in [1.29, 1.82) is 0 Å². The summed E-state index contributed by atoms with van der Waals surface area (Å²) in [4.78, 5) is -0.629. The van der Waals surface area contributed by atoms with Gasteiger partial charge in [-0.15, -0.1) is 12.4 Å². The van der Waals surface area contributed by atoms with Crippen molar-refractivity contribution in [3.05, 3.63) is 28.8 Å². The summed E-state index contributed by atoms with van der Waals surface area (Å²) in [5.41, 5.74) is 3.30. The Morgan fingerprint density at radius 1 is 1.29 bits per heavy atom. The molecule has 1 aromatic carbocycles. The Balaban J connectivity index is 0.00000400. The molecular weight excluding hydrogens is 352 g/mol. The molecule has 4 nitrogen and oxygen atoms in total. The number of sulfonamides is 1. The van der Waals surface area contributed by atoms with E-state index >= 15 is 0 Å². The van der Waals surface area contributed by atoms with Crippen LogP contribution in [0.2, 0.25) is 5.02 Å². The van der Waals surface area contributed by atoms with E-state index in [1.165, 1.54) is 13.8 Å². The predicted molar refractivity (Wildman–Crippen MR) is 77.2 cm³/mol. The number of hydrogen-bond donors (Lipinski definition) is 2. The van der Waals surface area contributed by atoms with Crippen LogP contribution in [-0.2, 0) is 16.2 Å². The summed E-state index contributed by atoms with van der Waals surface area (Å²) in [6.45, 7) is 2.99. The summed E-state index contributed by atoms with van der Waals surface area (Å²) in [6.07, 6.45) is -4.65. The van der Waals surface area contributed by atoms with Crippen LogP contribution in [0.5, 0.6) is 0 Å². The number of nitrogens with one attached hydrogen (secondary N) is 1. The molecule has 21 heavy (non-hydrogen) atoms. The summed E-state index contributed by atoms with van der Waals surface area (Å²) in [5, 5.41) is -0.293. The number of benzene rings is 1. The Morgan fingerprint density at radius 3 is 2.24 bits per heavy atom. The van der Waals surface area contributed by atoms with Crippen molar-refractivity contribution >= 4 is 34.0 Å². The Hall–Kier alpha value is -0.540. The fourth-order valence-electron chi connectivity index (χ4n) is 1.35. The molecule has 0 radical (unpaired) electrons. The Bertz CT molecular complexity index is 604. The molecule has 0 heterocycles. The fraction of sp³-hybridized carbons (Fsp3) is 0.455. The van der Waals surface area contributed by atoms with E-state index < -0.39 is 32.2 Å². The van der Waals surface area contributed by atoms with E-state index in [9.17, 15) is 21.6 Å². The number of hydrogen-bond acceptors (Lipinski definition) is 3. The first-order valence-corrected chi connectivity index (χ1v) is 7.36. The summed E-state index contributed by atoms with van der Waals surface area (Å²) in [5.74, 6) is 0. The zero-order valence-corrected chi connectivity index (χ0v) is 13.6. The maximum absolute atomic E-state index is 12.6. The van der Waals surface area contributed by atoms with Crippen LogP contribution in [0.25, 0.3) is 0 Å². The van der Waals surface area contributed by atoms with E-state index in [4.69, 9.17) is 17.3 Å². The lowest BCUT2D eigenvalue weighted by atomic mass is 10.1. The van der Waals surface area contributed by atoms with Crippen LogP contribution < -0.4 is 10.5 Å². The number of rotatable bonds is 4. The van der Waals surface area contributed by atoms with Crippen LogP contribution in [0.1, 0.15) is 19.4 Å². The zero-order chi connectivity index (χ0) is 15.8. The number of alkyl halides is 3. The van der Waals surface area contributed by atoms with Gasteiger partial charge in [0.1, 0.15) is 4.90 Å². The SMILES string of the molecule is CC(C)(CN)NS(=O)(=O)c1cc(C(F)(F)F)ccc1Cl.Cl. The van der Waals surface area contributed by atoms with Gasteiger partial charge in [-0.2, -0.15) is 13.2 Å². The highest BCUT2D eigenvalue weighted by atomic mass is 35.5. The van der Waals surface area contributed by atoms with Crippen molar-refractivity contribution in [2.24, 2.45) is 5.73 Å². The summed E-state index contributed by atoms with van der Waals surface area (Å²) in [7, 11) is -4.21.